The number of carbonyl (C=O) groups excluding carboxylic acids is 1. The van der Waals surface area contributed by atoms with Gasteiger partial charge in [0.15, 0.2) is 11.4 Å². The highest BCUT2D eigenvalue weighted by molar-refractivity contribution is 7.99. The first-order valence-corrected chi connectivity index (χ1v) is 12.3. The Balaban J connectivity index is 1.38. The molecule has 0 bridgehead atoms. The molecular formula is C21H21F3N4O4S. The number of imidazole rings is 1. The average Bonchev–Trinajstić information content (AvgIpc) is 3.35. The minimum Gasteiger partial charge on any atom is -0.477 e. The van der Waals surface area contributed by atoms with Crippen LogP contribution in [0.15, 0.2) is 57.4 Å². The van der Waals surface area contributed by atoms with E-state index in [4.69, 9.17) is 9.15 Å². The second kappa shape index (κ2) is 8.94. The number of para-hydroxylation sites is 1. The Hall–Kier alpha value is -3.25. The predicted octanol–water partition coefficient (Wildman–Crippen LogP) is 4.56. The summed E-state index contributed by atoms with van der Waals surface area (Å²) in [5, 5.41) is 5.39. The van der Waals surface area contributed by atoms with Crippen molar-refractivity contribution in [2.75, 3.05) is 18.6 Å². The number of fused-ring (bicyclic) bond motifs is 2. The van der Waals surface area contributed by atoms with Gasteiger partial charge in [0.05, 0.1) is 12.8 Å². The lowest BCUT2D eigenvalue weighted by molar-refractivity contribution is -0.169. The van der Waals surface area contributed by atoms with Crippen LogP contribution in [0.5, 0.6) is 5.88 Å². The van der Waals surface area contributed by atoms with E-state index in [2.05, 4.69) is 14.4 Å². The Morgan fingerprint density at radius 1 is 1.24 bits per heavy atom. The summed E-state index contributed by atoms with van der Waals surface area (Å²) in [4.78, 5) is 15.3. The fraction of sp³-hybridized carbons (Fsp3) is 0.286. The third-order valence-corrected chi connectivity index (χ3v) is 6.57. The Labute approximate surface area is 187 Å². The van der Waals surface area contributed by atoms with Crippen molar-refractivity contribution in [1.29, 1.82) is 0 Å². The number of aromatic nitrogens is 3. The fourth-order valence-electron chi connectivity index (χ4n) is 3.20. The van der Waals surface area contributed by atoms with Crippen molar-refractivity contribution in [3.63, 3.8) is 0 Å². The molecule has 4 rings (SSSR count). The van der Waals surface area contributed by atoms with Gasteiger partial charge >= 0.3 is 12.1 Å². The number of benzene rings is 1. The highest BCUT2D eigenvalue weighted by Gasteiger charge is 2.39. The number of amides is 1. The molecule has 0 aliphatic rings. The molecule has 33 heavy (non-hydrogen) atoms. The first-order chi connectivity index (χ1) is 15.6. The van der Waals surface area contributed by atoms with E-state index in [-0.39, 0.29) is 12.4 Å². The number of ether oxygens (including phenoxy) is 1. The van der Waals surface area contributed by atoms with Crippen LogP contribution in [0.1, 0.15) is 12.8 Å². The topological polar surface area (TPSA) is 102 Å². The number of carbonyl (C=O) groups is 1. The number of nitrogens with zero attached hydrogens (tertiary/aromatic N) is 4. The lowest BCUT2D eigenvalue weighted by atomic mass is 10.2. The van der Waals surface area contributed by atoms with E-state index in [1.807, 2.05) is 30.3 Å². The fourth-order valence-corrected chi connectivity index (χ4v) is 4.63. The van der Waals surface area contributed by atoms with E-state index < -0.39 is 22.2 Å². The van der Waals surface area contributed by atoms with Gasteiger partial charge in [-0.25, -0.2) is 9.50 Å². The molecule has 0 aliphatic heterocycles. The zero-order chi connectivity index (χ0) is 23.6. The zero-order valence-electron chi connectivity index (χ0n) is 17.5. The highest BCUT2D eigenvalue weighted by atomic mass is 32.3. The van der Waals surface area contributed by atoms with E-state index in [0.717, 1.165) is 11.0 Å². The van der Waals surface area contributed by atoms with Crippen molar-refractivity contribution >= 4 is 32.6 Å². The summed E-state index contributed by atoms with van der Waals surface area (Å²) in [5.41, 5.74) is 2.01. The van der Waals surface area contributed by atoms with Crippen molar-refractivity contribution < 1.29 is 31.7 Å². The summed E-state index contributed by atoms with van der Waals surface area (Å²) in [5.74, 6) is -1.33. The second-order valence-electron chi connectivity index (χ2n) is 7.50. The second-order valence-corrected chi connectivity index (χ2v) is 10.3. The van der Waals surface area contributed by atoms with Crippen LogP contribution in [0, 0.1) is 0 Å². The molecule has 1 aromatic carbocycles. The van der Waals surface area contributed by atoms with E-state index in [9.17, 15) is 22.5 Å². The van der Waals surface area contributed by atoms with Gasteiger partial charge in [-0.3, -0.25) is 4.79 Å². The molecule has 0 fully saturated rings. The molecule has 1 N–H and O–H groups in total. The molecule has 1 amide bonds. The van der Waals surface area contributed by atoms with Gasteiger partial charge < -0.3 is 13.7 Å². The summed E-state index contributed by atoms with van der Waals surface area (Å²) in [6.45, 7) is 0.223. The maximum absolute atomic E-state index is 12.3. The van der Waals surface area contributed by atoms with Gasteiger partial charge in [-0.05, 0) is 37.3 Å². The van der Waals surface area contributed by atoms with Crippen LogP contribution in [-0.4, -0.2) is 49.8 Å². The van der Waals surface area contributed by atoms with Crippen LogP contribution in [0.4, 0.5) is 13.2 Å². The summed E-state index contributed by atoms with van der Waals surface area (Å²) in [7, 11) is -3.32. The lowest BCUT2D eigenvalue weighted by Gasteiger charge is -2.18. The minimum absolute atomic E-state index is 0.0115. The Bertz CT molecular complexity index is 1320. The third-order valence-electron chi connectivity index (χ3n) is 4.79. The molecule has 0 aliphatic carbocycles. The summed E-state index contributed by atoms with van der Waals surface area (Å²) >= 11 is 0. The smallest absolute Gasteiger partial charge is 0.474 e. The Morgan fingerprint density at radius 3 is 2.79 bits per heavy atom. The first kappa shape index (κ1) is 22.9. The van der Waals surface area contributed by atoms with Crippen LogP contribution in [0.2, 0.25) is 0 Å². The van der Waals surface area contributed by atoms with Crippen LogP contribution in [0.25, 0.3) is 28.1 Å². The molecule has 0 atom stereocenters. The van der Waals surface area contributed by atoms with Gasteiger partial charge in [0.2, 0.25) is 5.88 Å². The van der Waals surface area contributed by atoms with Crippen LogP contribution < -0.4 is 4.74 Å². The summed E-state index contributed by atoms with van der Waals surface area (Å²) in [6, 6.07) is 12.9. The van der Waals surface area contributed by atoms with Gasteiger partial charge in [-0.15, -0.1) is 15.2 Å². The van der Waals surface area contributed by atoms with Gasteiger partial charge in [0.1, 0.15) is 11.3 Å². The molecule has 0 saturated carbocycles. The Morgan fingerprint density at radius 2 is 2.03 bits per heavy atom. The molecule has 0 radical (unpaired) electrons. The molecule has 4 aromatic rings. The molecule has 3 heterocycles. The Kier molecular flexibility index (Phi) is 6.21. The number of hydrogen-bond acceptors (Lipinski definition) is 5. The first-order valence-electron chi connectivity index (χ1n) is 10.0. The molecule has 0 saturated heterocycles. The number of rotatable bonds is 7. The normalized spacial score (nSPS) is 12.9. The van der Waals surface area contributed by atoms with Crippen LogP contribution in [-0.2, 0) is 14.9 Å². The monoisotopic (exact) mass is 482 g/mol. The van der Waals surface area contributed by atoms with Crippen molar-refractivity contribution in [3.8, 4) is 17.3 Å². The molecular weight excluding hydrogens is 461 g/mol. The molecule has 8 nitrogen and oxygen atoms in total. The quantitative estimate of drug-likeness (QED) is 0.296. The van der Waals surface area contributed by atoms with Crippen LogP contribution in [0.3, 0.4) is 0 Å². The van der Waals surface area contributed by atoms with E-state index in [1.165, 1.54) is 6.26 Å². The predicted molar refractivity (Wildman–Crippen MR) is 119 cm³/mol. The van der Waals surface area contributed by atoms with Gasteiger partial charge in [0, 0.05) is 17.2 Å². The number of hydrogen-bond donors (Lipinski definition) is 2. The molecule has 176 valence electrons. The lowest BCUT2D eigenvalue weighted by Crippen LogP contribution is -2.25. The number of alkyl halides is 3. The van der Waals surface area contributed by atoms with Crippen molar-refractivity contribution in [1.82, 2.24) is 14.6 Å². The number of furan rings is 1. The third kappa shape index (κ3) is 5.40. The highest BCUT2D eigenvalue weighted by Crippen LogP contribution is 2.28. The zero-order valence-corrected chi connectivity index (χ0v) is 18.4. The standard InChI is InChI=1S/C21H21F3N4O4S/c1-33(30,27-20(29)21(22,23)24)11-5-4-10-31-19-9-8-18-25-13-15(28(18)26-19)17-12-14-6-2-3-7-16(14)32-17/h2-3,6-9,12-13,33H,4-5,10-11H2,1H3,(H,27,29,30). The molecule has 0 spiro atoms. The number of thiol groups is 1. The van der Waals surface area contributed by atoms with E-state index in [1.54, 1.807) is 22.8 Å². The maximum Gasteiger partial charge on any atom is 0.474 e. The molecule has 3 aromatic heterocycles. The maximum atomic E-state index is 12.3. The minimum atomic E-state index is -5.08. The van der Waals surface area contributed by atoms with Crippen molar-refractivity contribution in [2.45, 2.75) is 19.0 Å². The number of halogens is 3. The van der Waals surface area contributed by atoms with Gasteiger partial charge in [-0.1, -0.05) is 18.2 Å². The summed E-state index contributed by atoms with van der Waals surface area (Å²) < 4.78 is 63.0. The number of unbranched alkanes of at least 4 members (excludes halogenated alkanes) is 1. The largest absolute Gasteiger partial charge is 0.477 e. The van der Waals surface area contributed by atoms with E-state index in [0.29, 0.717) is 35.8 Å². The molecule has 0 unspecified atom stereocenters. The van der Waals surface area contributed by atoms with Crippen LogP contribution >= 0.6 is 0 Å². The SMILES string of the molecule is C[SH](O)(CCCCOc1ccc2ncc(-c3cc4ccccc4o3)n2n1)=NC(=O)C(F)(F)F. The summed E-state index contributed by atoms with van der Waals surface area (Å²) in [6.07, 6.45) is -1.47. The average molecular weight is 482 g/mol. The molecule has 12 heteroatoms. The van der Waals surface area contributed by atoms with Gasteiger partial charge in [0.25, 0.3) is 0 Å². The van der Waals surface area contributed by atoms with E-state index >= 15 is 0 Å². The van der Waals surface area contributed by atoms with Crippen molar-refractivity contribution in [3.05, 3.63) is 48.7 Å². The van der Waals surface area contributed by atoms with Gasteiger partial charge in [-0.2, -0.15) is 17.5 Å². The van der Waals surface area contributed by atoms with Crippen molar-refractivity contribution in [2.24, 2.45) is 4.36 Å².